The van der Waals surface area contributed by atoms with Crippen molar-refractivity contribution in [2.24, 2.45) is 0 Å². The molecule has 0 radical (unpaired) electrons. The van der Waals surface area contributed by atoms with Crippen LogP contribution in [0.15, 0.2) is 42.5 Å². The highest BCUT2D eigenvalue weighted by Crippen LogP contribution is 2.20. The fourth-order valence-electron chi connectivity index (χ4n) is 1.83. The van der Waals surface area contributed by atoms with Crippen molar-refractivity contribution in [1.29, 1.82) is 0 Å². The van der Waals surface area contributed by atoms with Gasteiger partial charge in [0.1, 0.15) is 6.61 Å². The summed E-state index contributed by atoms with van der Waals surface area (Å²) in [5, 5.41) is 11.2. The molecule has 0 atom stereocenters. The van der Waals surface area contributed by atoms with Crippen LogP contribution in [-0.4, -0.2) is 10.9 Å². The van der Waals surface area contributed by atoms with E-state index in [-0.39, 0.29) is 17.9 Å². The second-order valence-corrected chi connectivity index (χ2v) is 4.83. The number of rotatable bonds is 4. The Bertz CT molecular complexity index is 700. The Morgan fingerprint density at radius 3 is 2.62 bits per heavy atom. The summed E-state index contributed by atoms with van der Waals surface area (Å²) in [6, 6.07) is 11.2. The van der Waals surface area contributed by atoms with Gasteiger partial charge in [-0.25, -0.2) is 4.79 Å². The largest absolute Gasteiger partial charge is 0.457 e. The molecule has 5 nitrogen and oxygen atoms in total. The summed E-state index contributed by atoms with van der Waals surface area (Å²) in [5.41, 5.74) is 1.35. The van der Waals surface area contributed by atoms with Crippen LogP contribution in [0.1, 0.15) is 21.5 Å². The maximum absolute atomic E-state index is 11.9. The van der Waals surface area contributed by atoms with Gasteiger partial charge < -0.3 is 4.74 Å². The zero-order chi connectivity index (χ0) is 15.4. The van der Waals surface area contributed by atoms with Crippen LogP contribution in [-0.2, 0) is 11.3 Å². The molecule has 0 aliphatic carbocycles. The Morgan fingerprint density at radius 2 is 2.00 bits per heavy atom. The molecule has 0 unspecified atom stereocenters. The van der Waals surface area contributed by atoms with Crippen molar-refractivity contribution in [3.8, 4) is 0 Å². The van der Waals surface area contributed by atoms with Gasteiger partial charge in [-0.15, -0.1) is 0 Å². The molecule has 2 aromatic rings. The quantitative estimate of drug-likeness (QED) is 0.488. The first-order chi connectivity index (χ1) is 9.99. The molecule has 0 bridgehead atoms. The van der Waals surface area contributed by atoms with Crippen LogP contribution in [0.4, 0.5) is 5.69 Å². The van der Waals surface area contributed by atoms with E-state index in [0.717, 1.165) is 0 Å². The second kappa shape index (κ2) is 6.37. The molecule has 0 fully saturated rings. The van der Waals surface area contributed by atoms with Crippen LogP contribution < -0.4 is 0 Å². The predicted molar refractivity (Wildman–Crippen MR) is 78.4 cm³/mol. The van der Waals surface area contributed by atoms with Crippen LogP contribution in [0.5, 0.6) is 0 Å². The van der Waals surface area contributed by atoms with Gasteiger partial charge in [0.05, 0.1) is 10.5 Å². The van der Waals surface area contributed by atoms with Crippen molar-refractivity contribution < 1.29 is 14.5 Å². The first-order valence-corrected chi connectivity index (χ1v) is 6.52. The summed E-state index contributed by atoms with van der Waals surface area (Å²) in [5.74, 6) is -0.548. The molecule has 2 rings (SSSR count). The maximum Gasteiger partial charge on any atom is 0.338 e. The fourth-order valence-corrected chi connectivity index (χ4v) is 2.02. The minimum absolute atomic E-state index is 0.0300. The van der Waals surface area contributed by atoms with Crippen LogP contribution in [0, 0.1) is 17.0 Å². The van der Waals surface area contributed by atoms with Gasteiger partial charge in [-0.3, -0.25) is 10.1 Å². The summed E-state index contributed by atoms with van der Waals surface area (Å²) >= 11 is 5.97. The SMILES string of the molecule is Cc1cc(C(=O)OCc2ccccc2Cl)ccc1[N+](=O)[O-]. The Morgan fingerprint density at radius 1 is 1.29 bits per heavy atom. The molecule has 0 saturated heterocycles. The molecule has 0 aromatic heterocycles. The number of aryl methyl sites for hydroxylation is 1. The lowest BCUT2D eigenvalue weighted by atomic mass is 10.1. The second-order valence-electron chi connectivity index (χ2n) is 4.43. The van der Waals surface area contributed by atoms with Crippen molar-refractivity contribution in [3.05, 3.63) is 74.3 Å². The topological polar surface area (TPSA) is 69.4 Å². The van der Waals surface area contributed by atoms with Crippen LogP contribution in [0.2, 0.25) is 5.02 Å². The van der Waals surface area contributed by atoms with E-state index >= 15 is 0 Å². The molecule has 108 valence electrons. The van der Waals surface area contributed by atoms with E-state index in [0.29, 0.717) is 16.1 Å². The number of hydrogen-bond acceptors (Lipinski definition) is 4. The monoisotopic (exact) mass is 305 g/mol. The molecule has 0 amide bonds. The van der Waals surface area contributed by atoms with E-state index in [2.05, 4.69) is 0 Å². The van der Waals surface area contributed by atoms with Gasteiger partial charge in [0.2, 0.25) is 0 Å². The van der Waals surface area contributed by atoms with Gasteiger partial charge in [-0.2, -0.15) is 0 Å². The average molecular weight is 306 g/mol. The standard InChI is InChI=1S/C15H12ClNO4/c1-10-8-11(6-7-14(10)17(19)20)15(18)21-9-12-4-2-3-5-13(12)16/h2-8H,9H2,1H3. The Balaban J connectivity index is 2.09. The van der Waals surface area contributed by atoms with Gasteiger partial charge >= 0.3 is 5.97 Å². The van der Waals surface area contributed by atoms with E-state index in [1.54, 1.807) is 31.2 Å². The summed E-state index contributed by atoms with van der Waals surface area (Å²) in [6.07, 6.45) is 0. The van der Waals surface area contributed by atoms with Crippen LogP contribution in [0.3, 0.4) is 0 Å². The smallest absolute Gasteiger partial charge is 0.338 e. The van der Waals surface area contributed by atoms with E-state index in [9.17, 15) is 14.9 Å². The summed E-state index contributed by atoms with van der Waals surface area (Å²) in [6.45, 7) is 1.62. The predicted octanol–water partition coefficient (Wildman–Crippen LogP) is 3.91. The number of hydrogen-bond donors (Lipinski definition) is 0. The highest BCUT2D eigenvalue weighted by Gasteiger charge is 2.15. The molecule has 0 saturated carbocycles. The highest BCUT2D eigenvalue weighted by atomic mass is 35.5. The van der Waals surface area contributed by atoms with Gasteiger partial charge in [-0.05, 0) is 25.1 Å². The minimum Gasteiger partial charge on any atom is -0.457 e. The minimum atomic E-state index is -0.548. The molecule has 2 aromatic carbocycles. The number of nitrogens with zero attached hydrogens (tertiary/aromatic N) is 1. The van der Waals surface area contributed by atoms with E-state index in [1.165, 1.54) is 18.2 Å². The fraction of sp³-hybridized carbons (Fsp3) is 0.133. The number of nitro benzene ring substituents is 1. The number of benzene rings is 2. The molecule has 0 spiro atoms. The lowest BCUT2D eigenvalue weighted by molar-refractivity contribution is -0.385. The third-order valence-electron chi connectivity index (χ3n) is 2.95. The number of nitro groups is 1. The molecular formula is C15H12ClNO4. The van der Waals surface area contributed by atoms with E-state index in [4.69, 9.17) is 16.3 Å². The van der Waals surface area contributed by atoms with Gasteiger partial charge in [0.15, 0.2) is 0 Å². The molecule has 0 heterocycles. The number of halogens is 1. The van der Waals surface area contributed by atoms with Gasteiger partial charge in [-0.1, -0.05) is 29.8 Å². The molecule has 21 heavy (non-hydrogen) atoms. The summed E-state index contributed by atoms with van der Waals surface area (Å²) in [7, 11) is 0. The zero-order valence-electron chi connectivity index (χ0n) is 11.2. The van der Waals surface area contributed by atoms with Crippen LogP contribution >= 0.6 is 11.6 Å². The molecule has 0 aliphatic heterocycles. The number of carbonyl (C=O) groups excluding carboxylic acids is 1. The van der Waals surface area contributed by atoms with E-state index < -0.39 is 10.9 Å². The molecule has 0 N–H and O–H groups in total. The van der Waals surface area contributed by atoms with Gasteiger partial charge in [0.25, 0.3) is 5.69 Å². The Labute approximate surface area is 126 Å². The first-order valence-electron chi connectivity index (χ1n) is 6.14. The molecule has 0 aliphatic rings. The number of ether oxygens (including phenoxy) is 1. The van der Waals surface area contributed by atoms with Crippen molar-refractivity contribution in [3.63, 3.8) is 0 Å². The number of carbonyl (C=O) groups is 1. The normalized spacial score (nSPS) is 10.2. The Hall–Kier alpha value is -2.40. The third kappa shape index (κ3) is 3.58. The lowest BCUT2D eigenvalue weighted by Gasteiger charge is -2.07. The van der Waals surface area contributed by atoms with Crippen molar-refractivity contribution >= 4 is 23.3 Å². The zero-order valence-corrected chi connectivity index (χ0v) is 12.0. The summed E-state index contributed by atoms with van der Waals surface area (Å²) < 4.78 is 5.16. The third-order valence-corrected chi connectivity index (χ3v) is 3.31. The average Bonchev–Trinajstić information content (AvgIpc) is 2.45. The van der Waals surface area contributed by atoms with Crippen molar-refractivity contribution in [1.82, 2.24) is 0 Å². The van der Waals surface area contributed by atoms with Crippen molar-refractivity contribution in [2.75, 3.05) is 0 Å². The first kappa shape index (κ1) is 15.0. The molecular weight excluding hydrogens is 294 g/mol. The van der Waals surface area contributed by atoms with E-state index in [1.807, 2.05) is 0 Å². The number of esters is 1. The van der Waals surface area contributed by atoms with Gasteiger partial charge in [0, 0.05) is 22.2 Å². The molecule has 6 heteroatoms. The summed E-state index contributed by atoms with van der Waals surface area (Å²) in [4.78, 5) is 22.2. The van der Waals surface area contributed by atoms with Crippen LogP contribution in [0.25, 0.3) is 0 Å². The van der Waals surface area contributed by atoms with Crippen molar-refractivity contribution in [2.45, 2.75) is 13.5 Å². The maximum atomic E-state index is 11.9. The highest BCUT2D eigenvalue weighted by molar-refractivity contribution is 6.31. The lowest BCUT2D eigenvalue weighted by Crippen LogP contribution is -2.06. The Kier molecular flexibility index (Phi) is 4.55.